The van der Waals surface area contributed by atoms with Crippen LogP contribution in [0.3, 0.4) is 0 Å². The largest absolute Gasteiger partial charge is 0.349 e. The number of rotatable bonds is 4. The second-order valence-corrected chi connectivity index (χ2v) is 6.00. The van der Waals surface area contributed by atoms with E-state index in [-0.39, 0.29) is 18.2 Å². The second-order valence-electron chi connectivity index (χ2n) is 6.00. The Morgan fingerprint density at radius 1 is 1.20 bits per heavy atom. The number of benzene rings is 1. The molecule has 2 heterocycles. The molecule has 0 fully saturated rings. The first kappa shape index (κ1) is 16.6. The zero-order chi connectivity index (χ0) is 18.0. The molecule has 25 heavy (non-hydrogen) atoms. The maximum Gasteiger partial charge on any atom is 0.257 e. The molecule has 1 aromatic carbocycles. The highest BCUT2D eigenvalue weighted by Crippen LogP contribution is 2.18. The minimum Gasteiger partial charge on any atom is -0.349 e. The third-order valence-electron chi connectivity index (χ3n) is 3.92. The van der Waals surface area contributed by atoms with Gasteiger partial charge in [0.2, 0.25) is 5.91 Å². The average Bonchev–Trinajstić information content (AvgIpc) is 2.97. The lowest BCUT2D eigenvalue weighted by atomic mass is 10.1. The zero-order valence-corrected chi connectivity index (χ0v) is 14.4. The van der Waals surface area contributed by atoms with E-state index in [4.69, 9.17) is 0 Å². The van der Waals surface area contributed by atoms with Crippen molar-refractivity contribution in [2.24, 2.45) is 7.05 Å². The van der Waals surface area contributed by atoms with Crippen molar-refractivity contribution in [2.75, 3.05) is 19.4 Å². The number of carbonyl (C=O) groups excluding carboxylic acids is 2. The number of carbonyl (C=O) groups is 2. The SMILES string of the molecule is CN(C)C(=O)Cc1ccccc1NC(=O)c1cnc2c(c1)ncn2C. The molecule has 2 amide bonds. The monoisotopic (exact) mass is 337 g/mol. The van der Waals surface area contributed by atoms with Gasteiger partial charge in [0, 0.05) is 33.0 Å². The van der Waals surface area contributed by atoms with E-state index in [2.05, 4.69) is 15.3 Å². The van der Waals surface area contributed by atoms with Crippen LogP contribution in [0.2, 0.25) is 0 Å². The number of nitrogens with one attached hydrogen (secondary N) is 1. The average molecular weight is 337 g/mol. The number of fused-ring (bicyclic) bond motifs is 1. The van der Waals surface area contributed by atoms with Crippen molar-refractivity contribution in [2.45, 2.75) is 6.42 Å². The topological polar surface area (TPSA) is 80.1 Å². The summed E-state index contributed by atoms with van der Waals surface area (Å²) in [6.07, 6.45) is 3.40. The van der Waals surface area contributed by atoms with E-state index in [9.17, 15) is 9.59 Å². The predicted molar refractivity (Wildman–Crippen MR) is 95.3 cm³/mol. The molecule has 128 valence electrons. The summed E-state index contributed by atoms with van der Waals surface area (Å²) in [5.41, 5.74) is 3.17. The van der Waals surface area contributed by atoms with E-state index in [1.165, 1.54) is 11.1 Å². The van der Waals surface area contributed by atoms with Gasteiger partial charge in [-0.3, -0.25) is 9.59 Å². The summed E-state index contributed by atoms with van der Waals surface area (Å²) in [5.74, 6) is -0.317. The number of imidazole rings is 1. The van der Waals surface area contributed by atoms with Crippen molar-refractivity contribution in [1.82, 2.24) is 19.4 Å². The summed E-state index contributed by atoms with van der Waals surface area (Å²) in [4.78, 5) is 34.5. The van der Waals surface area contributed by atoms with Crippen molar-refractivity contribution in [3.63, 3.8) is 0 Å². The number of hydrogen-bond acceptors (Lipinski definition) is 4. The van der Waals surface area contributed by atoms with Crippen LogP contribution < -0.4 is 5.32 Å². The number of amides is 2. The van der Waals surface area contributed by atoms with Gasteiger partial charge in [0.25, 0.3) is 5.91 Å². The molecule has 1 N–H and O–H groups in total. The van der Waals surface area contributed by atoms with Gasteiger partial charge in [-0.1, -0.05) is 18.2 Å². The normalized spacial score (nSPS) is 10.7. The predicted octanol–water partition coefficient (Wildman–Crippen LogP) is 1.85. The van der Waals surface area contributed by atoms with Gasteiger partial charge in [-0.15, -0.1) is 0 Å². The summed E-state index contributed by atoms with van der Waals surface area (Å²) in [5, 5.41) is 2.86. The van der Waals surface area contributed by atoms with E-state index >= 15 is 0 Å². The standard InChI is InChI=1S/C18H19N5O2/c1-22(2)16(24)9-12-6-4-5-7-14(12)21-18(25)13-8-15-17(19-10-13)23(3)11-20-15/h4-8,10-11H,9H2,1-3H3,(H,21,25). The third-order valence-corrected chi connectivity index (χ3v) is 3.92. The first-order chi connectivity index (χ1) is 12.0. The van der Waals surface area contributed by atoms with E-state index in [0.29, 0.717) is 22.4 Å². The third kappa shape index (κ3) is 3.50. The van der Waals surface area contributed by atoms with Crippen LogP contribution in [-0.4, -0.2) is 45.3 Å². The molecule has 7 heteroatoms. The molecule has 0 radical (unpaired) electrons. The van der Waals surface area contributed by atoms with Gasteiger partial charge in [0.15, 0.2) is 5.65 Å². The lowest BCUT2D eigenvalue weighted by Crippen LogP contribution is -2.24. The van der Waals surface area contributed by atoms with Crippen LogP contribution in [0.15, 0.2) is 42.9 Å². The van der Waals surface area contributed by atoms with Gasteiger partial charge in [-0.25, -0.2) is 9.97 Å². The molecule has 0 atom stereocenters. The zero-order valence-electron chi connectivity index (χ0n) is 14.4. The number of aromatic nitrogens is 3. The maximum atomic E-state index is 12.6. The van der Waals surface area contributed by atoms with Crippen LogP contribution in [0.1, 0.15) is 15.9 Å². The fraction of sp³-hybridized carbons (Fsp3) is 0.222. The number of aryl methyl sites for hydroxylation is 1. The van der Waals surface area contributed by atoms with Gasteiger partial charge >= 0.3 is 0 Å². The van der Waals surface area contributed by atoms with Gasteiger partial charge in [-0.2, -0.15) is 0 Å². The van der Waals surface area contributed by atoms with E-state index in [0.717, 1.165) is 5.56 Å². The molecule has 3 aromatic rings. The van der Waals surface area contributed by atoms with Crippen LogP contribution in [0.4, 0.5) is 5.69 Å². The fourth-order valence-electron chi connectivity index (χ4n) is 2.45. The molecule has 0 aliphatic carbocycles. The molecular weight excluding hydrogens is 318 g/mol. The summed E-state index contributed by atoms with van der Waals surface area (Å²) < 4.78 is 1.79. The van der Waals surface area contributed by atoms with Crippen LogP contribution >= 0.6 is 0 Å². The second kappa shape index (κ2) is 6.72. The van der Waals surface area contributed by atoms with E-state index < -0.39 is 0 Å². The first-order valence-electron chi connectivity index (χ1n) is 7.82. The van der Waals surface area contributed by atoms with Gasteiger partial charge in [-0.05, 0) is 17.7 Å². The van der Waals surface area contributed by atoms with Crippen molar-refractivity contribution in [1.29, 1.82) is 0 Å². The smallest absolute Gasteiger partial charge is 0.257 e. The Kier molecular flexibility index (Phi) is 4.47. The minimum atomic E-state index is -0.287. The fourth-order valence-corrected chi connectivity index (χ4v) is 2.45. The molecular formula is C18H19N5O2. The molecule has 2 aromatic heterocycles. The van der Waals surface area contributed by atoms with Crippen LogP contribution in [0.25, 0.3) is 11.2 Å². The Morgan fingerprint density at radius 2 is 1.96 bits per heavy atom. The summed E-state index contributed by atoms with van der Waals surface area (Å²) >= 11 is 0. The molecule has 0 bridgehead atoms. The Bertz CT molecular complexity index is 946. The number of nitrogens with zero attached hydrogens (tertiary/aromatic N) is 4. The van der Waals surface area contributed by atoms with Gasteiger partial charge < -0.3 is 14.8 Å². The lowest BCUT2D eigenvalue weighted by Gasteiger charge is -2.14. The van der Waals surface area contributed by atoms with Crippen molar-refractivity contribution >= 4 is 28.7 Å². The summed E-state index contributed by atoms with van der Waals surface area (Å²) in [6, 6.07) is 8.97. The molecule has 0 spiro atoms. The van der Waals surface area contributed by atoms with E-state index in [1.807, 2.05) is 25.2 Å². The minimum absolute atomic E-state index is 0.0294. The Morgan fingerprint density at radius 3 is 2.72 bits per heavy atom. The van der Waals surface area contributed by atoms with Crippen molar-refractivity contribution in [3.05, 3.63) is 54.0 Å². The Hall–Kier alpha value is -3.22. The first-order valence-corrected chi connectivity index (χ1v) is 7.82. The van der Waals surface area contributed by atoms with Gasteiger partial charge in [0.05, 0.1) is 18.3 Å². The van der Waals surface area contributed by atoms with Crippen LogP contribution in [0.5, 0.6) is 0 Å². The molecule has 0 saturated heterocycles. The highest BCUT2D eigenvalue weighted by Gasteiger charge is 2.14. The van der Waals surface area contributed by atoms with Crippen LogP contribution in [0, 0.1) is 0 Å². The molecule has 0 aliphatic rings. The molecule has 7 nitrogen and oxygen atoms in total. The number of likely N-dealkylation sites (N-methyl/N-ethyl adjacent to an activating group) is 1. The van der Waals surface area contributed by atoms with Crippen LogP contribution in [-0.2, 0) is 18.3 Å². The molecule has 0 aliphatic heterocycles. The summed E-state index contributed by atoms with van der Waals surface area (Å²) in [6.45, 7) is 0. The maximum absolute atomic E-state index is 12.6. The highest BCUT2D eigenvalue weighted by molar-refractivity contribution is 6.06. The quantitative estimate of drug-likeness (QED) is 0.788. The van der Waals surface area contributed by atoms with E-state index in [1.54, 1.807) is 37.1 Å². The van der Waals surface area contributed by atoms with Gasteiger partial charge in [0.1, 0.15) is 5.52 Å². The number of hydrogen-bond donors (Lipinski definition) is 1. The van der Waals surface area contributed by atoms with Crippen molar-refractivity contribution in [3.8, 4) is 0 Å². The Balaban J connectivity index is 1.83. The van der Waals surface area contributed by atoms with Crippen molar-refractivity contribution < 1.29 is 9.59 Å². The molecule has 3 rings (SSSR count). The number of para-hydroxylation sites is 1. The Labute approximate surface area is 145 Å². The molecule has 0 saturated carbocycles. The highest BCUT2D eigenvalue weighted by atomic mass is 16.2. The lowest BCUT2D eigenvalue weighted by molar-refractivity contribution is -0.127. The number of anilines is 1. The molecule has 0 unspecified atom stereocenters. The summed E-state index contributed by atoms with van der Waals surface area (Å²) in [7, 11) is 5.26. The number of pyridine rings is 1.